The molecule has 1 aliphatic carbocycles. The van der Waals surface area contributed by atoms with Crippen LogP contribution in [0.4, 0.5) is 0 Å². The summed E-state index contributed by atoms with van der Waals surface area (Å²) in [7, 11) is 0. The van der Waals surface area contributed by atoms with Crippen molar-refractivity contribution in [1.82, 2.24) is 10.2 Å². The number of halogens is 1. The highest BCUT2D eigenvalue weighted by Gasteiger charge is 2.34. The molecule has 0 bridgehead atoms. The van der Waals surface area contributed by atoms with E-state index in [4.69, 9.17) is 16.7 Å². The lowest BCUT2D eigenvalue weighted by Crippen LogP contribution is -2.43. The van der Waals surface area contributed by atoms with E-state index in [9.17, 15) is 19.5 Å². The summed E-state index contributed by atoms with van der Waals surface area (Å²) in [5, 5.41) is 24.0. The number of hydrogen-bond donors (Lipinski definition) is 3. The summed E-state index contributed by atoms with van der Waals surface area (Å²) in [6.07, 6.45) is 2.33. The molecule has 2 aromatic carbocycles. The van der Waals surface area contributed by atoms with Gasteiger partial charge >= 0.3 is 5.97 Å². The fourth-order valence-corrected chi connectivity index (χ4v) is 6.37. The molecule has 2 amide bonds. The van der Waals surface area contributed by atoms with Gasteiger partial charge in [-0.1, -0.05) is 44.5 Å². The van der Waals surface area contributed by atoms with Crippen molar-refractivity contribution < 1.29 is 24.6 Å². The number of aliphatic carboxylic acids is 1. The number of amides is 2. The molecule has 0 radical (unpaired) electrons. The summed E-state index contributed by atoms with van der Waals surface area (Å²) in [4.78, 5) is 39.2. The fraction of sp³-hybridized carbons (Fsp3) is 0.433. The molecule has 0 saturated heterocycles. The SMILES string of the molecule is CC(C)(C)C1CCC(N(Cc2ccc(C(=O)NCC(O)C(=O)O)cc2)C(=O)c2csc3ccc(Cl)cc23)CC1. The van der Waals surface area contributed by atoms with Gasteiger partial charge in [-0.05, 0) is 72.9 Å². The Morgan fingerprint density at radius 2 is 1.74 bits per heavy atom. The van der Waals surface area contributed by atoms with Crippen molar-refractivity contribution in [2.45, 2.75) is 65.1 Å². The Kier molecular flexibility index (Phi) is 8.99. The summed E-state index contributed by atoms with van der Waals surface area (Å²) in [6.45, 7) is 6.86. The highest BCUT2D eigenvalue weighted by Crippen LogP contribution is 2.40. The number of nitrogens with one attached hydrogen (secondary N) is 1. The summed E-state index contributed by atoms with van der Waals surface area (Å²) in [5.74, 6) is -1.28. The van der Waals surface area contributed by atoms with Crippen LogP contribution < -0.4 is 5.32 Å². The van der Waals surface area contributed by atoms with Gasteiger partial charge in [-0.25, -0.2) is 4.79 Å². The Hall–Kier alpha value is -2.94. The number of carboxylic acids is 1. The molecule has 1 unspecified atom stereocenters. The minimum atomic E-state index is -1.66. The van der Waals surface area contributed by atoms with Gasteiger partial charge in [0.25, 0.3) is 11.8 Å². The first-order valence-corrected chi connectivity index (χ1v) is 14.5. The Labute approximate surface area is 237 Å². The maximum absolute atomic E-state index is 14.0. The normalized spacial score (nSPS) is 18.5. The average Bonchev–Trinajstić information content (AvgIpc) is 3.32. The van der Waals surface area contributed by atoms with E-state index < -0.39 is 18.0 Å². The number of carbonyl (C=O) groups is 3. The van der Waals surface area contributed by atoms with Crippen molar-refractivity contribution in [2.75, 3.05) is 6.54 Å². The predicted molar refractivity (Wildman–Crippen MR) is 154 cm³/mol. The van der Waals surface area contributed by atoms with Gasteiger partial charge < -0.3 is 20.4 Å². The second-order valence-corrected chi connectivity index (χ2v) is 12.7. The zero-order valence-electron chi connectivity index (χ0n) is 22.4. The third-order valence-electron chi connectivity index (χ3n) is 7.70. The molecule has 4 rings (SSSR count). The highest BCUT2D eigenvalue weighted by molar-refractivity contribution is 7.17. The van der Waals surface area contributed by atoms with E-state index in [-0.39, 0.29) is 23.9 Å². The number of fused-ring (bicyclic) bond motifs is 1. The number of benzene rings is 2. The number of thiophene rings is 1. The van der Waals surface area contributed by atoms with E-state index in [0.29, 0.717) is 28.6 Å². The molecule has 1 aliphatic rings. The largest absolute Gasteiger partial charge is 0.479 e. The Morgan fingerprint density at radius 3 is 2.36 bits per heavy atom. The zero-order chi connectivity index (χ0) is 28.3. The number of carbonyl (C=O) groups excluding carboxylic acids is 2. The van der Waals surface area contributed by atoms with Crippen LogP contribution in [0.1, 0.15) is 72.7 Å². The smallest absolute Gasteiger partial charge is 0.334 e. The summed E-state index contributed by atoms with van der Waals surface area (Å²) in [6, 6.07) is 12.7. The van der Waals surface area contributed by atoms with Crippen molar-refractivity contribution in [3.8, 4) is 0 Å². The fourth-order valence-electron chi connectivity index (χ4n) is 5.28. The molecule has 0 spiro atoms. The van der Waals surface area contributed by atoms with E-state index in [1.807, 2.05) is 40.6 Å². The number of aliphatic hydroxyl groups excluding tert-OH is 1. The monoisotopic (exact) mass is 570 g/mol. The van der Waals surface area contributed by atoms with Crippen LogP contribution in [0.5, 0.6) is 0 Å². The number of aliphatic hydroxyl groups is 1. The zero-order valence-corrected chi connectivity index (χ0v) is 24.0. The van der Waals surface area contributed by atoms with Crippen LogP contribution in [-0.2, 0) is 11.3 Å². The second-order valence-electron chi connectivity index (χ2n) is 11.4. The molecule has 39 heavy (non-hydrogen) atoms. The first kappa shape index (κ1) is 29.1. The summed E-state index contributed by atoms with van der Waals surface area (Å²) in [5.41, 5.74) is 2.12. The lowest BCUT2D eigenvalue weighted by atomic mass is 9.71. The van der Waals surface area contributed by atoms with Gasteiger partial charge in [0.15, 0.2) is 6.10 Å². The molecule has 208 valence electrons. The number of hydrogen-bond acceptors (Lipinski definition) is 5. The topological polar surface area (TPSA) is 107 Å². The van der Waals surface area contributed by atoms with Gasteiger partial charge in [0.1, 0.15) is 0 Å². The molecule has 1 fully saturated rings. The molecule has 3 N–H and O–H groups in total. The molecular weight excluding hydrogens is 536 g/mol. The molecule has 1 aromatic heterocycles. The van der Waals surface area contributed by atoms with Crippen molar-refractivity contribution in [1.29, 1.82) is 0 Å². The molecule has 7 nitrogen and oxygen atoms in total. The van der Waals surface area contributed by atoms with E-state index in [0.717, 1.165) is 41.3 Å². The Morgan fingerprint density at radius 1 is 1.08 bits per heavy atom. The first-order chi connectivity index (χ1) is 18.4. The Balaban J connectivity index is 1.55. The van der Waals surface area contributed by atoms with Crippen LogP contribution in [0.2, 0.25) is 5.02 Å². The minimum absolute atomic E-state index is 0.0211. The summed E-state index contributed by atoms with van der Waals surface area (Å²) < 4.78 is 1.02. The summed E-state index contributed by atoms with van der Waals surface area (Å²) >= 11 is 7.80. The number of rotatable bonds is 8. The van der Waals surface area contributed by atoms with Gasteiger partial charge in [-0.15, -0.1) is 11.3 Å². The van der Waals surface area contributed by atoms with Gasteiger partial charge in [-0.2, -0.15) is 0 Å². The second kappa shape index (κ2) is 12.1. The van der Waals surface area contributed by atoms with Gasteiger partial charge in [0.2, 0.25) is 0 Å². The standard InChI is InChI=1S/C30H35ClN2O5S/c1-30(2,3)20-8-11-22(12-9-20)33(28(36)24-17-39-26-13-10-21(31)14-23(24)26)16-18-4-6-19(7-5-18)27(35)32-15-25(34)29(37)38/h4-7,10,13-14,17,20,22,25,34H,8-9,11-12,15-16H2,1-3H3,(H,32,35)(H,37,38). The van der Waals surface area contributed by atoms with Crippen molar-refractivity contribution in [2.24, 2.45) is 11.3 Å². The van der Waals surface area contributed by atoms with Crippen LogP contribution >= 0.6 is 22.9 Å². The predicted octanol–water partition coefficient (Wildman–Crippen LogP) is 5.98. The third kappa shape index (κ3) is 6.99. The molecule has 0 aliphatic heterocycles. The molecule has 3 aromatic rings. The van der Waals surface area contributed by atoms with E-state index in [1.165, 1.54) is 11.3 Å². The maximum atomic E-state index is 14.0. The van der Waals surface area contributed by atoms with Crippen LogP contribution in [-0.4, -0.2) is 51.6 Å². The molecule has 9 heteroatoms. The van der Waals surface area contributed by atoms with Gasteiger partial charge in [0, 0.05) is 38.6 Å². The molecule has 1 atom stereocenters. The van der Waals surface area contributed by atoms with Gasteiger partial charge in [0.05, 0.1) is 12.1 Å². The maximum Gasteiger partial charge on any atom is 0.334 e. The van der Waals surface area contributed by atoms with E-state index in [2.05, 4.69) is 26.1 Å². The van der Waals surface area contributed by atoms with Crippen molar-refractivity contribution in [3.05, 3.63) is 69.6 Å². The lowest BCUT2D eigenvalue weighted by Gasteiger charge is -2.41. The van der Waals surface area contributed by atoms with Crippen LogP contribution in [0, 0.1) is 11.3 Å². The lowest BCUT2D eigenvalue weighted by molar-refractivity contribution is -0.146. The number of carboxylic acid groups (broad SMARTS) is 1. The van der Waals surface area contributed by atoms with Crippen molar-refractivity contribution in [3.63, 3.8) is 0 Å². The average molecular weight is 571 g/mol. The van der Waals surface area contributed by atoms with E-state index >= 15 is 0 Å². The quantitative estimate of drug-likeness (QED) is 0.309. The van der Waals surface area contributed by atoms with Crippen molar-refractivity contribution >= 4 is 50.8 Å². The first-order valence-electron chi connectivity index (χ1n) is 13.2. The molecule has 1 saturated carbocycles. The third-order valence-corrected chi connectivity index (χ3v) is 8.90. The minimum Gasteiger partial charge on any atom is -0.479 e. The van der Waals surface area contributed by atoms with Gasteiger partial charge in [-0.3, -0.25) is 9.59 Å². The van der Waals surface area contributed by atoms with Crippen LogP contribution in [0.15, 0.2) is 47.8 Å². The Bertz CT molecular complexity index is 1340. The number of nitrogens with zero attached hydrogens (tertiary/aromatic N) is 1. The van der Waals surface area contributed by atoms with Crippen LogP contribution in [0.3, 0.4) is 0 Å². The molecular formula is C30H35ClN2O5S. The molecule has 1 heterocycles. The van der Waals surface area contributed by atoms with E-state index in [1.54, 1.807) is 12.1 Å². The highest BCUT2D eigenvalue weighted by atomic mass is 35.5. The van der Waals surface area contributed by atoms with Crippen LogP contribution in [0.25, 0.3) is 10.1 Å².